The molecule has 1 aliphatic carbocycles. The molecule has 1 atom stereocenters. The van der Waals surface area contributed by atoms with Crippen LogP contribution in [0.3, 0.4) is 0 Å². The Hall–Kier alpha value is -3.57. The third-order valence-corrected chi connectivity index (χ3v) is 7.40. The lowest BCUT2D eigenvalue weighted by Gasteiger charge is -2.36. The Morgan fingerprint density at radius 1 is 1.10 bits per heavy atom. The number of hydrogen-bond donors (Lipinski definition) is 1. The summed E-state index contributed by atoms with van der Waals surface area (Å²) in [5.41, 5.74) is 1.13. The maximum atomic E-state index is 14.3. The lowest BCUT2D eigenvalue weighted by atomic mass is 9.91. The van der Waals surface area contributed by atoms with Crippen LogP contribution in [0.25, 0.3) is 10.9 Å². The van der Waals surface area contributed by atoms with Crippen LogP contribution >= 0.6 is 12.4 Å². The summed E-state index contributed by atoms with van der Waals surface area (Å²) < 4.78 is 48.6. The van der Waals surface area contributed by atoms with Gasteiger partial charge in [-0.1, -0.05) is 18.2 Å². The van der Waals surface area contributed by atoms with E-state index in [0.29, 0.717) is 16.6 Å². The molecular formula is C30H36ClF3N4O4. The molecule has 3 aromatic rings. The third-order valence-electron chi connectivity index (χ3n) is 7.40. The smallest absolute Gasteiger partial charge is 0.326 e. The molecule has 1 N–H and O–H groups in total. The number of carbonyl (C=O) groups is 3. The van der Waals surface area contributed by atoms with Gasteiger partial charge in [0.2, 0.25) is 11.8 Å². The number of likely N-dealkylation sites (N-methyl/N-ethyl adjacent to an activating group) is 1. The largest absolute Gasteiger partial charge is 0.465 e. The van der Waals surface area contributed by atoms with Gasteiger partial charge in [-0.2, -0.15) is 0 Å². The monoisotopic (exact) mass is 608 g/mol. The average Bonchev–Trinajstić information content (AvgIpc) is 3.27. The van der Waals surface area contributed by atoms with Crippen molar-refractivity contribution >= 4 is 52.6 Å². The van der Waals surface area contributed by atoms with Crippen molar-refractivity contribution in [2.45, 2.75) is 63.5 Å². The number of ether oxygens (including phenoxy) is 1. The summed E-state index contributed by atoms with van der Waals surface area (Å²) in [5.74, 6) is -4.10. The first-order valence-corrected chi connectivity index (χ1v) is 13.7. The van der Waals surface area contributed by atoms with Crippen molar-refractivity contribution in [3.63, 3.8) is 0 Å². The number of halogens is 4. The number of benzene rings is 2. The van der Waals surface area contributed by atoms with E-state index >= 15 is 0 Å². The van der Waals surface area contributed by atoms with Crippen molar-refractivity contribution < 1.29 is 32.3 Å². The molecule has 1 aliphatic rings. The van der Waals surface area contributed by atoms with E-state index in [4.69, 9.17) is 4.74 Å². The Kier molecular flexibility index (Phi) is 11.0. The zero-order valence-electron chi connectivity index (χ0n) is 23.8. The Balaban J connectivity index is 0.00000484. The number of fused-ring (bicyclic) bond motifs is 1. The van der Waals surface area contributed by atoms with Gasteiger partial charge < -0.3 is 10.1 Å². The molecule has 12 heteroatoms. The molecule has 1 fully saturated rings. The number of carbonyl (C=O) groups excluding carboxylic acids is 3. The summed E-state index contributed by atoms with van der Waals surface area (Å²) in [5, 5.41) is 3.11. The molecule has 1 heterocycles. The van der Waals surface area contributed by atoms with E-state index in [0.717, 1.165) is 0 Å². The van der Waals surface area contributed by atoms with Crippen LogP contribution in [0.4, 0.5) is 29.3 Å². The maximum absolute atomic E-state index is 14.3. The van der Waals surface area contributed by atoms with E-state index in [1.807, 2.05) is 0 Å². The molecule has 1 aromatic heterocycles. The Morgan fingerprint density at radius 2 is 1.76 bits per heavy atom. The average molecular weight is 609 g/mol. The molecule has 4 rings (SSSR count). The van der Waals surface area contributed by atoms with Gasteiger partial charge in [-0.15, -0.1) is 12.4 Å². The molecule has 2 amide bonds. The second kappa shape index (κ2) is 14.1. The van der Waals surface area contributed by atoms with Gasteiger partial charge in [-0.3, -0.25) is 24.0 Å². The Labute approximate surface area is 249 Å². The molecule has 0 saturated heterocycles. The third kappa shape index (κ3) is 7.63. The Bertz CT molecular complexity index is 1390. The van der Waals surface area contributed by atoms with E-state index in [1.54, 1.807) is 56.3 Å². The van der Waals surface area contributed by atoms with E-state index in [2.05, 4.69) is 5.32 Å². The molecule has 42 heavy (non-hydrogen) atoms. The zero-order valence-corrected chi connectivity index (χ0v) is 24.6. The van der Waals surface area contributed by atoms with Crippen molar-refractivity contribution in [2.75, 3.05) is 30.9 Å². The van der Waals surface area contributed by atoms with E-state index in [9.17, 15) is 27.6 Å². The van der Waals surface area contributed by atoms with Gasteiger partial charge in [0.1, 0.15) is 11.9 Å². The number of nitrogens with one attached hydrogen (secondary N) is 1. The molecule has 0 bridgehead atoms. The van der Waals surface area contributed by atoms with E-state index in [1.165, 1.54) is 33.9 Å². The second-order valence-electron chi connectivity index (χ2n) is 10.5. The van der Waals surface area contributed by atoms with Crippen LogP contribution in [0.15, 0.2) is 54.7 Å². The van der Waals surface area contributed by atoms with Crippen molar-refractivity contribution in [1.82, 2.24) is 9.47 Å². The molecular weight excluding hydrogens is 573 g/mol. The highest BCUT2D eigenvalue weighted by atomic mass is 35.5. The number of hydrogen-bond acceptors (Lipinski definition) is 5. The quantitative estimate of drug-likeness (QED) is 0.272. The highest BCUT2D eigenvalue weighted by Gasteiger charge is 2.39. The minimum atomic E-state index is -2.76. The van der Waals surface area contributed by atoms with Gasteiger partial charge in [0.05, 0.1) is 17.8 Å². The molecule has 0 spiro atoms. The van der Waals surface area contributed by atoms with Crippen LogP contribution in [-0.4, -0.2) is 66.1 Å². The number of aromatic nitrogens is 1. The van der Waals surface area contributed by atoms with Gasteiger partial charge in [0, 0.05) is 42.6 Å². The number of urea groups is 1. The first kappa shape index (κ1) is 32.9. The lowest BCUT2D eigenvalue weighted by molar-refractivity contribution is -0.148. The van der Waals surface area contributed by atoms with E-state index < -0.39 is 35.8 Å². The van der Waals surface area contributed by atoms with Crippen molar-refractivity contribution in [3.05, 3.63) is 60.5 Å². The molecule has 8 nitrogen and oxygen atoms in total. The van der Waals surface area contributed by atoms with Crippen LogP contribution < -0.4 is 10.2 Å². The van der Waals surface area contributed by atoms with Crippen molar-refractivity contribution in [3.8, 4) is 0 Å². The fourth-order valence-electron chi connectivity index (χ4n) is 5.26. The molecule has 1 saturated carbocycles. The molecule has 2 aromatic carbocycles. The number of anilines is 2. The van der Waals surface area contributed by atoms with Crippen LogP contribution in [0.2, 0.25) is 0 Å². The number of alkyl halides is 2. The zero-order chi connectivity index (χ0) is 29.7. The summed E-state index contributed by atoms with van der Waals surface area (Å²) in [4.78, 5) is 42.5. The van der Waals surface area contributed by atoms with Gasteiger partial charge in [-0.05, 0) is 70.6 Å². The normalized spacial score (nSPS) is 15.6. The summed E-state index contributed by atoms with van der Waals surface area (Å²) in [7, 11) is 3.44. The topological polar surface area (TPSA) is 83.9 Å². The first-order valence-electron chi connectivity index (χ1n) is 13.7. The van der Waals surface area contributed by atoms with Crippen LogP contribution in [-0.2, 0) is 9.53 Å². The maximum Gasteiger partial charge on any atom is 0.326 e. The highest BCUT2D eigenvalue weighted by Crippen LogP contribution is 2.37. The number of esters is 1. The van der Waals surface area contributed by atoms with Crippen LogP contribution in [0.5, 0.6) is 0 Å². The summed E-state index contributed by atoms with van der Waals surface area (Å²) >= 11 is 0. The lowest BCUT2D eigenvalue weighted by Crippen LogP contribution is -2.46. The Morgan fingerprint density at radius 3 is 2.38 bits per heavy atom. The predicted molar refractivity (Wildman–Crippen MR) is 158 cm³/mol. The summed E-state index contributed by atoms with van der Waals surface area (Å²) in [6, 6.07) is 11.0. The molecule has 1 unspecified atom stereocenters. The van der Waals surface area contributed by atoms with Crippen LogP contribution in [0.1, 0.15) is 50.2 Å². The fourth-order valence-corrected chi connectivity index (χ4v) is 5.26. The highest BCUT2D eigenvalue weighted by molar-refractivity contribution is 6.09. The second-order valence-corrected chi connectivity index (χ2v) is 10.5. The van der Waals surface area contributed by atoms with Crippen LogP contribution in [0, 0.1) is 5.82 Å². The number of amides is 2. The van der Waals surface area contributed by atoms with Gasteiger partial charge in [-0.25, -0.2) is 18.0 Å². The minimum absolute atomic E-state index is 0. The van der Waals surface area contributed by atoms with Gasteiger partial charge >= 0.3 is 12.0 Å². The number of rotatable bonds is 9. The van der Waals surface area contributed by atoms with Crippen molar-refractivity contribution in [2.24, 2.45) is 0 Å². The van der Waals surface area contributed by atoms with Gasteiger partial charge in [0.25, 0.3) is 0 Å². The predicted octanol–water partition coefficient (Wildman–Crippen LogP) is 6.73. The first-order chi connectivity index (χ1) is 19.5. The summed E-state index contributed by atoms with van der Waals surface area (Å²) in [6.07, 6.45) is 1.21. The van der Waals surface area contributed by atoms with Gasteiger partial charge in [0.15, 0.2) is 0 Å². The minimum Gasteiger partial charge on any atom is -0.465 e. The SMILES string of the molecule is CCOC(=O)C(CCC(=O)n1cc(NC(=O)N(c2ccccc2)C2CCC(F)(F)CC2)c2cc(F)ccc21)N(C)C.Cl. The number of para-hydroxylation sites is 1. The molecule has 0 radical (unpaired) electrons. The molecule has 228 valence electrons. The molecule has 0 aliphatic heterocycles. The standard InChI is InChI=1S/C30H35F3N4O4.ClH/c1-4-41-28(39)26(35(2)3)12-13-27(38)36-19-24(23-18-20(31)10-11-25(23)36)34-29(40)37(21-8-6-5-7-9-21)22-14-16-30(32,33)17-15-22;/h5-11,18-19,22,26H,4,12-17H2,1-3H3,(H,34,40);1H. The number of nitrogens with zero attached hydrogens (tertiary/aromatic N) is 3. The van der Waals surface area contributed by atoms with E-state index in [-0.39, 0.29) is 69.1 Å². The summed E-state index contributed by atoms with van der Waals surface area (Å²) in [6.45, 7) is 1.93. The van der Waals surface area contributed by atoms with Crippen molar-refractivity contribution in [1.29, 1.82) is 0 Å². The fraction of sp³-hybridized carbons (Fsp3) is 0.433.